The summed E-state index contributed by atoms with van der Waals surface area (Å²) in [7, 11) is 0. The van der Waals surface area contributed by atoms with Crippen molar-refractivity contribution in [1.82, 2.24) is 0 Å². The Kier molecular flexibility index (Phi) is 14.7. The number of nitrogens with two attached hydrogens (primary N) is 1. The molecular formula is C27H41N. The molecule has 0 saturated carbocycles. The third kappa shape index (κ3) is 10.3. The molecule has 0 heterocycles. The van der Waals surface area contributed by atoms with Crippen molar-refractivity contribution in [2.75, 3.05) is 0 Å². The molecule has 2 aromatic rings. The molecule has 2 aromatic carbocycles. The summed E-state index contributed by atoms with van der Waals surface area (Å²) in [5, 5.41) is 0. The fourth-order valence-electron chi connectivity index (χ4n) is 2.77. The molecule has 1 heteroatoms. The Balaban J connectivity index is 0.000000604. The summed E-state index contributed by atoms with van der Waals surface area (Å²) < 4.78 is 0. The van der Waals surface area contributed by atoms with Crippen LogP contribution in [0.25, 0.3) is 5.57 Å². The molecule has 0 bridgehead atoms. The number of rotatable bonds is 6. The Hall–Kier alpha value is -2.12. The van der Waals surface area contributed by atoms with E-state index in [-0.39, 0.29) is 6.04 Å². The third-order valence-corrected chi connectivity index (χ3v) is 4.31. The molecule has 2 N–H and O–H groups in total. The lowest BCUT2D eigenvalue weighted by molar-refractivity contribution is 0.735. The second-order valence-corrected chi connectivity index (χ2v) is 6.72. The summed E-state index contributed by atoms with van der Waals surface area (Å²) in [6.07, 6.45) is 9.70. The molecule has 0 aliphatic carbocycles. The lowest BCUT2D eigenvalue weighted by atomic mass is 9.96. The predicted molar refractivity (Wildman–Crippen MR) is 129 cm³/mol. The minimum absolute atomic E-state index is 0.218. The summed E-state index contributed by atoms with van der Waals surface area (Å²) in [6.45, 7) is 14.6. The largest absolute Gasteiger partial charge is 0.328 e. The number of allylic oxidation sites excluding steroid dienone is 4. The minimum atomic E-state index is 0.218. The summed E-state index contributed by atoms with van der Waals surface area (Å²) in [6, 6.07) is 17.3. The molecule has 0 amide bonds. The van der Waals surface area contributed by atoms with Gasteiger partial charge in [0.25, 0.3) is 0 Å². The molecule has 0 aromatic heterocycles. The van der Waals surface area contributed by atoms with Crippen LogP contribution in [0.15, 0.2) is 66.8 Å². The van der Waals surface area contributed by atoms with Gasteiger partial charge in [-0.1, -0.05) is 94.5 Å². The van der Waals surface area contributed by atoms with Gasteiger partial charge in [-0.15, -0.1) is 0 Å². The molecule has 0 spiro atoms. The van der Waals surface area contributed by atoms with Crippen molar-refractivity contribution in [3.8, 4) is 0 Å². The van der Waals surface area contributed by atoms with Gasteiger partial charge < -0.3 is 5.73 Å². The first-order valence-corrected chi connectivity index (χ1v) is 10.7. The van der Waals surface area contributed by atoms with Crippen molar-refractivity contribution >= 4 is 5.57 Å². The van der Waals surface area contributed by atoms with Crippen LogP contribution >= 0.6 is 0 Å². The highest BCUT2D eigenvalue weighted by Gasteiger charge is 2.04. The maximum atomic E-state index is 5.86. The normalized spacial score (nSPS) is 11.9. The molecule has 0 aliphatic heterocycles. The van der Waals surface area contributed by atoms with Gasteiger partial charge in [0.2, 0.25) is 0 Å². The van der Waals surface area contributed by atoms with Gasteiger partial charge in [-0.25, -0.2) is 0 Å². The van der Waals surface area contributed by atoms with Crippen molar-refractivity contribution in [3.05, 3.63) is 89.0 Å². The fraction of sp³-hybridized carbons (Fsp3) is 0.407. The van der Waals surface area contributed by atoms with Gasteiger partial charge in [0.15, 0.2) is 0 Å². The van der Waals surface area contributed by atoms with Gasteiger partial charge in [-0.05, 0) is 67.9 Å². The Bertz CT molecular complexity index is 693. The lowest BCUT2D eigenvalue weighted by Gasteiger charge is -2.11. The van der Waals surface area contributed by atoms with Crippen LogP contribution in [-0.4, -0.2) is 6.04 Å². The average molecular weight is 380 g/mol. The highest BCUT2D eigenvalue weighted by atomic mass is 14.6. The predicted octanol–water partition coefficient (Wildman–Crippen LogP) is 7.53. The molecule has 0 aliphatic rings. The van der Waals surface area contributed by atoms with Gasteiger partial charge in [0, 0.05) is 6.04 Å². The molecule has 28 heavy (non-hydrogen) atoms. The van der Waals surface area contributed by atoms with Crippen molar-refractivity contribution in [2.45, 2.75) is 73.8 Å². The van der Waals surface area contributed by atoms with E-state index in [1.54, 1.807) is 0 Å². The van der Waals surface area contributed by atoms with E-state index in [0.29, 0.717) is 0 Å². The maximum Gasteiger partial charge on any atom is 0.00510 e. The highest BCUT2D eigenvalue weighted by molar-refractivity contribution is 5.74. The minimum Gasteiger partial charge on any atom is -0.328 e. The topological polar surface area (TPSA) is 26.0 Å². The number of hydrogen-bond acceptors (Lipinski definition) is 1. The Labute approximate surface area is 174 Å². The SMILES string of the molecule is C/C=C(\C=C/CC)c1ccc(CC(C)N)c(C)c1.CC.CCc1ccccc1. The van der Waals surface area contributed by atoms with Crippen LogP contribution in [0.1, 0.15) is 70.2 Å². The van der Waals surface area contributed by atoms with Gasteiger partial charge >= 0.3 is 0 Å². The molecule has 154 valence electrons. The molecule has 1 atom stereocenters. The van der Waals surface area contributed by atoms with Crippen LogP contribution in [0.5, 0.6) is 0 Å². The average Bonchev–Trinajstić information content (AvgIpc) is 2.73. The molecule has 1 nitrogen and oxygen atoms in total. The molecular weight excluding hydrogens is 338 g/mol. The van der Waals surface area contributed by atoms with Gasteiger partial charge in [-0.3, -0.25) is 0 Å². The third-order valence-electron chi connectivity index (χ3n) is 4.31. The van der Waals surface area contributed by atoms with Gasteiger partial charge in [0.05, 0.1) is 0 Å². The van der Waals surface area contributed by atoms with E-state index in [1.165, 1.54) is 27.8 Å². The van der Waals surface area contributed by atoms with Crippen LogP contribution in [-0.2, 0) is 12.8 Å². The smallest absolute Gasteiger partial charge is 0.00510 e. The van der Waals surface area contributed by atoms with E-state index in [9.17, 15) is 0 Å². The monoisotopic (exact) mass is 379 g/mol. The van der Waals surface area contributed by atoms with E-state index in [4.69, 9.17) is 5.73 Å². The first-order valence-electron chi connectivity index (χ1n) is 10.7. The van der Waals surface area contributed by atoms with E-state index in [0.717, 1.165) is 19.3 Å². The first kappa shape index (κ1) is 25.9. The van der Waals surface area contributed by atoms with Crippen LogP contribution < -0.4 is 5.73 Å². The first-order chi connectivity index (χ1) is 13.5. The quantitative estimate of drug-likeness (QED) is 0.516. The van der Waals surface area contributed by atoms with Crippen molar-refractivity contribution in [1.29, 1.82) is 0 Å². The molecule has 0 radical (unpaired) electrons. The Morgan fingerprint density at radius 1 is 1.04 bits per heavy atom. The lowest BCUT2D eigenvalue weighted by Crippen LogP contribution is -2.18. The van der Waals surface area contributed by atoms with E-state index in [2.05, 4.69) is 95.3 Å². The van der Waals surface area contributed by atoms with Crippen LogP contribution in [0, 0.1) is 6.92 Å². The van der Waals surface area contributed by atoms with E-state index < -0.39 is 0 Å². The molecule has 2 rings (SSSR count). The fourth-order valence-corrected chi connectivity index (χ4v) is 2.77. The zero-order valence-electron chi connectivity index (χ0n) is 19.1. The van der Waals surface area contributed by atoms with Crippen LogP contribution in [0.4, 0.5) is 0 Å². The Morgan fingerprint density at radius 2 is 1.68 bits per heavy atom. The maximum absolute atomic E-state index is 5.86. The zero-order chi connectivity index (χ0) is 21.4. The number of benzene rings is 2. The summed E-state index contributed by atoms with van der Waals surface area (Å²) >= 11 is 0. The van der Waals surface area contributed by atoms with Crippen LogP contribution in [0.3, 0.4) is 0 Å². The zero-order valence-corrected chi connectivity index (χ0v) is 19.1. The summed E-state index contributed by atoms with van der Waals surface area (Å²) in [5.41, 5.74) is 12.5. The van der Waals surface area contributed by atoms with Crippen LogP contribution in [0.2, 0.25) is 0 Å². The standard InChI is InChI=1S/C17H25N.C8H10.C2H6/c1-5-7-8-15(6-2)17-10-9-16(12-14(4)18)13(3)11-17;1-2-8-6-4-3-5-7-8;1-2/h6-11,14H,5,12,18H2,1-4H3;3-7H,2H2,1H3;1-2H3/b8-7-,15-6+;;. The van der Waals surface area contributed by atoms with Crippen molar-refractivity contribution in [3.63, 3.8) is 0 Å². The van der Waals surface area contributed by atoms with Crippen molar-refractivity contribution < 1.29 is 0 Å². The number of hydrogen-bond donors (Lipinski definition) is 1. The van der Waals surface area contributed by atoms with E-state index in [1.807, 2.05) is 19.9 Å². The van der Waals surface area contributed by atoms with E-state index >= 15 is 0 Å². The Morgan fingerprint density at radius 3 is 2.11 bits per heavy atom. The second kappa shape index (κ2) is 15.9. The second-order valence-electron chi connectivity index (χ2n) is 6.72. The molecule has 0 saturated heterocycles. The highest BCUT2D eigenvalue weighted by Crippen LogP contribution is 2.20. The van der Waals surface area contributed by atoms with Gasteiger partial charge in [0.1, 0.15) is 0 Å². The van der Waals surface area contributed by atoms with Gasteiger partial charge in [-0.2, -0.15) is 0 Å². The summed E-state index contributed by atoms with van der Waals surface area (Å²) in [4.78, 5) is 0. The molecule has 0 fully saturated rings. The number of aryl methyl sites for hydroxylation is 2. The van der Waals surface area contributed by atoms with Crippen molar-refractivity contribution in [2.24, 2.45) is 5.73 Å². The summed E-state index contributed by atoms with van der Waals surface area (Å²) in [5.74, 6) is 0. The molecule has 1 unspecified atom stereocenters.